The summed E-state index contributed by atoms with van der Waals surface area (Å²) in [4.78, 5) is 32.4. The van der Waals surface area contributed by atoms with E-state index in [4.69, 9.17) is 25.8 Å². The Kier molecular flexibility index (Phi) is 8.02. The van der Waals surface area contributed by atoms with Gasteiger partial charge in [0.15, 0.2) is 16.3 Å². The van der Waals surface area contributed by atoms with Gasteiger partial charge < -0.3 is 14.2 Å². The molecular weight excluding hydrogens is 556 g/mol. The van der Waals surface area contributed by atoms with Gasteiger partial charge in [0.1, 0.15) is 12.6 Å². The van der Waals surface area contributed by atoms with Gasteiger partial charge in [0, 0.05) is 15.5 Å². The first kappa shape index (κ1) is 26.9. The van der Waals surface area contributed by atoms with E-state index in [1.54, 1.807) is 17.6 Å². The number of hydrogen-bond acceptors (Lipinski definition) is 8. The SMILES string of the molecule is CCOc1cc(C=c2sc3n(c2=O)C(c2cccs2)C(C(=O)OC)=C(C)N=3)ccc1OCc1ccccc1Cl. The average molecular weight is 581 g/mol. The molecule has 3 heterocycles. The second kappa shape index (κ2) is 11.6. The first-order valence-electron chi connectivity index (χ1n) is 12.2. The third-order valence-corrected chi connectivity index (χ3v) is 8.42. The molecule has 0 saturated carbocycles. The predicted octanol–water partition coefficient (Wildman–Crippen LogP) is 5.10. The van der Waals surface area contributed by atoms with Crippen LogP contribution in [-0.2, 0) is 16.1 Å². The predicted molar refractivity (Wildman–Crippen MR) is 153 cm³/mol. The van der Waals surface area contributed by atoms with Gasteiger partial charge in [0.05, 0.1) is 29.5 Å². The first-order chi connectivity index (χ1) is 18.9. The lowest BCUT2D eigenvalue weighted by atomic mass is 10.0. The van der Waals surface area contributed by atoms with E-state index < -0.39 is 12.0 Å². The highest BCUT2D eigenvalue weighted by molar-refractivity contribution is 7.10. The van der Waals surface area contributed by atoms with Gasteiger partial charge in [-0.05, 0) is 55.1 Å². The van der Waals surface area contributed by atoms with E-state index in [-0.39, 0.29) is 5.56 Å². The number of hydrogen-bond donors (Lipinski definition) is 0. The van der Waals surface area contributed by atoms with Crippen molar-refractivity contribution in [1.29, 1.82) is 0 Å². The normalized spacial score (nSPS) is 15.1. The zero-order chi connectivity index (χ0) is 27.5. The van der Waals surface area contributed by atoms with Crippen molar-refractivity contribution >= 4 is 46.3 Å². The van der Waals surface area contributed by atoms with Crippen molar-refractivity contribution in [2.24, 2.45) is 4.99 Å². The summed E-state index contributed by atoms with van der Waals surface area (Å²) in [6, 6.07) is 16.2. The highest BCUT2D eigenvalue weighted by atomic mass is 35.5. The molecular formula is C29H25ClN2O5S2. The molecule has 0 aliphatic carbocycles. The lowest BCUT2D eigenvalue weighted by Gasteiger charge is -2.22. The van der Waals surface area contributed by atoms with Gasteiger partial charge >= 0.3 is 5.97 Å². The summed E-state index contributed by atoms with van der Waals surface area (Å²) in [6.07, 6.45) is 1.80. The Hall–Kier alpha value is -3.66. The molecule has 10 heteroatoms. The van der Waals surface area contributed by atoms with E-state index in [9.17, 15) is 9.59 Å². The number of esters is 1. The Balaban J connectivity index is 1.54. The Morgan fingerprint density at radius 3 is 2.67 bits per heavy atom. The maximum atomic E-state index is 13.7. The number of benzene rings is 2. The Bertz CT molecular complexity index is 1740. The second-order valence-electron chi connectivity index (χ2n) is 8.61. The van der Waals surface area contributed by atoms with Crippen LogP contribution in [0.2, 0.25) is 5.02 Å². The first-order valence-corrected chi connectivity index (χ1v) is 14.3. The van der Waals surface area contributed by atoms with Crippen LogP contribution in [0.3, 0.4) is 0 Å². The summed E-state index contributed by atoms with van der Waals surface area (Å²) < 4.78 is 19.0. The summed E-state index contributed by atoms with van der Waals surface area (Å²) in [6.45, 7) is 4.40. The highest BCUT2D eigenvalue weighted by Gasteiger charge is 2.33. The number of carbonyl (C=O) groups excluding carboxylic acids is 1. The molecule has 1 atom stereocenters. The standard InChI is InChI=1S/C29H25ClN2O5S2/c1-4-36-22-14-18(11-12-21(22)37-16-19-8-5-6-9-20(19)30)15-24-27(33)32-26(23-10-7-13-38-23)25(28(34)35-3)17(2)31-29(32)39-24/h5-15,26H,4,16H2,1-3H3. The number of methoxy groups -OCH3 is 1. The fourth-order valence-corrected chi connectivity index (χ4v) is 6.39. The molecule has 5 rings (SSSR count). The summed E-state index contributed by atoms with van der Waals surface area (Å²) in [5.74, 6) is 0.635. The minimum absolute atomic E-state index is 0.233. The van der Waals surface area contributed by atoms with Crippen molar-refractivity contribution in [1.82, 2.24) is 4.57 Å². The quantitative estimate of drug-likeness (QED) is 0.271. The third-order valence-electron chi connectivity index (χ3n) is 6.15. The lowest BCUT2D eigenvalue weighted by molar-refractivity contribution is -0.136. The second-order valence-corrected chi connectivity index (χ2v) is 11.0. The van der Waals surface area contributed by atoms with Crippen LogP contribution in [-0.4, -0.2) is 24.3 Å². The van der Waals surface area contributed by atoms with Crippen LogP contribution in [0.25, 0.3) is 6.08 Å². The molecule has 2 aromatic carbocycles. The molecule has 0 fully saturated rings. The summed E-state index contributed by atoms with van der Waals surface area (Å²) in [5.41, 5.74) is 2.30. The van der Waals surface area contributed by atoms with Gasteiger partial charge in [-0.3, -0.25) is 9.36 Å². The maximum absolute atomic E-state index is 13.7. The van der Waals surface area contributed by atoms with E-state index in [0.29, 0.717) is 50.3 Å². The number of carbonyl (C=O) groups is 1. The van der Waals surface area contributed by atoms with Crippen LogP contribution >= 0.6 is 34.3 Å². The van der Waals surface area contributed by atoms with Crippen LogP contribution in [0.15, 0.2) is 81.0 Å². The highest BCUT2D eigenvalue weighted by Crippen LogP contribution is 2.33. The summed E-state index contributed by atoms with van der Waals surface area (Å²) in [5, 5.41) is 2.55. The van der Waals surface area contributed by atoms with Crippen molar-refractivity contribution in [3.8, 4) is 11.5 Å². The number of allylic oxidation sites excluding steroid dienone is 1. The topological polar surface area (TPSA) is 79.1 Å². The molecule has 0 spiro atoms. The van der Waals surface area contributed by atoms with E-state index in [2.05, 4.69) is 4.99 Å². The van der Waals surface area contributed by atoms with Crippen molar-refractivity contribution in [3.05, 3.63) is 112 Å². The number of thiophene rings is 1. The molecule has 2 aromatic heterocycles. The largest absolute Gasteiger partial charge is 0.490 e. The Morgan fingerprint density at radius 2 is 1.95 bits per heavy atom. The van der Waals surface area contributed by atoms with Crippen LogP contribution in [0, 0.1) is 0 Å². The summed E-state index contributed by atoms with van der Waals surface area (Å²) in [7, 11) is 1.33. The number of aromatic nitrogens is 1. The number of nitrogens with zero attached hydrogens (tertiary/aromatic N) is 2. The molecule has 1 aliphatic rings. The number of fused-ring (bicyclic) bond motifs is 1. The molecule has 0 bridgehead atoms. The molecule has 1 aliphatic heterocycles. The van der Waals surface area contributed by atoms with Gasteiger partial charge in [-0.1, -0.05) is 53.3 Å². The maximum Gasteiger partial charge on any atom is 0.338 e. The van der Waals surface area contributed by atoms with Gasteiger partial charge in [-0.25, -0.2) is 9.79 Å². The molecule has 0 saturated heterocycles. The molecule has 4 aromatic rings. The number of thiazole rings is 1. The van der Waals surface area contributed by atoms with Crippen molar-refractivity contribution in [3.63, 3.8) is 0 Å². The summed E-state index contributed by atoms with van der Waals surface area (Å²) >= 11 is 9.02. The van der Waals surface area contributed by atoms with Crippen molar-refractivity contribution in [2.75, 3.05) is 13.7 Å². The average Bonchev–Trinajstić information content (AvgIpc) is 3.56. The molecule has 0 amide bonds. The number of ether oxygens (including phenoxy) is 3. The molecule has 0 radical (unpaired) electrons. The van der Waals surface area contributed by atoms with Crippen LogP contribution in [0.5, 0.6) is 11.5 Å². The van der Waals surface area contributed by atoms with Crippen molar-refractivity contribution < 1.29 is 19.0 Å². The van der Waals surface area contributed by atoms with E-state index in [0.717, 1.165) is 16.0 Å². The van der Waals surface area contributed by atoms with Crippen molar-refractivity contribution in [2.45, 2.75) is 26.5 Å². The molecule has 7 nitrogen and oxygen atoms in total. The molecule has 1 unspecified atom stereocenters. The Morgan fingerprint density at radius 1 is 1.13 bits per heavy atom. The van der Waals surface area contributed by atoms with E-state index in [1.165, 1.54) is 29.8 Å². The van der Waals surface area contributed by atoms with Gasteiger partial charge in [-0.2, -0.15) is 0 Å². The van der Waals surface area contributed by atoms with Crippen LogP contribution < -0.4 is 24.4 Å². The van der Waals surface area contributed by atoms with Gasteiger partial charge in [-0.15, -0.1) is 11.3 Å². The van der Waals surface area contributed by atoms with Crippen LogP contribution in [0.1, 0.15) is 35.9 Å². The number of halogens is 1. The Labute approximate surface area is 237 Å². The monoisotopic (exact) mass is 580 g/mol. The van der Waals surface area contributed by atoms with Gasteiger partial charge in [0.2, 0.25) is 0 Å². The van der Waals surface area contributed by atoms with Gasteiger partial charge in [0.25, 0.3) is 5.56 Å². The van der Waals surface area contributed by atoms with Crippen LogP contribution in [0.4, 0.5) is 0 Å². The van der Waals surface area contributed by atoms with E-state index >= 15 is 0 Å². The number of rotatable bonds is 8. The minimum Gasteiger partial charge on any atom is -0.490 e. The fraction of sp³-hybridized carbons (Fsp3) is 0.207. The zero-order valence-electron chi connectivity index (χ0n) is 21.5. The fourth-order valence-electron chi connectivity index (χ4n) is 4.33. The smallest absolute Gasteiger partial charge is 0.338 e. The molecule has 0 N–H and O–H groups in total. The molecule has 39 heavy (non-hydrogen) atoms. The third kappa shape index (κ3) is 5.43. The zero-order valence-corrected chi connectivity index (χ0v) is 23.9. The molecule has 200 valence electrons. The minimum atomic E-state index is -0.601. The van der Waals surface area contributed by atoms with E-state index in [1.807, 2.05) is 66.9 Å². The lowest BCUT2D eigenvalue weighted by Crippen LogP contribution is -2.39.